The third kappa shape index (κ3) is 3.53. The first-order chi connectivity index (χ1) is 14.0. The van der Waals surface area contributed by atoms with Crippen molar-refractivity contribution in [3.63, 3.8) is 0 Å². The van der Waals surface area contributed by atoms with Crippen molar-refractivity contribution >= 4 is 28.4 Å². The predicted molar refractivity (Wildman–Crippen MR) is 116 cm³/mol. The van der Waals surface area contributed by atoms with Crippen LogP contribution in [0.25, 0.3) is 10.9 Å². The van der Waals surface area contributed by atoms with Crippen LogP contribution in [0, 0.1) is 6.92 Å². The van der Waals surface area contributed by atoms with Crippen molar-refractivity contribution in [2.45, 2.75) is 32.6 Å². The summed E-state index contributed by atoms with van der Waals surface area (Å²) in [6.07, 6.45) is 1.36. The van der Waals surface area contributed by atoms with Gasteiger partial charge in [-0.1, -0.05) is 48.9 Å². The van der Waals surface area contributed by atoms with E-state index in [-0.39, 0.29) is 17.7 Å². The van der Waals surface area contributed by atoms with Crippen LogP contribution in [-0.2, 0) is 11.8 Å². The highest BCUT2D eigenvalue weighted by molar-refractivity contribution is 6.14. The molecule has 1 atom stereocenters. The van der Waals surface area contributed by atoms with Crippen molar-refractivity contribution < 1.29 is 9.59 Å². The molecule has 0 unspecified atom stereocenters. The van der Waals surface area contributed by atoms with E-state index in [1.807, 2.05) is 48.9 Å². The zero-order valence-corrected chi connectivity index (χ0v) is 17.2. The number of amides is 2. The molecule has 1 aliphatic heterocycles. The van der Waals surface area contributed by atoms with E-state index in [0.29, 0.717) is 25.2 Å². The maximum absolute atomic E-state index is 13.3. The van der Waals surface area contributed by atoms with Crippen molar-refractivity contribution in [3.05, 3.63) is 65.4 Å². The third-order valence-corrected chi connectivity index (χ3v) is 5.82. The first-order valence-electron chi connectivity index (χ1n) is 10.2. The van der Waals surface area contributed by atoms with Gasteiger partial charge >= 0.3 is 0 Å². The second-order valence-corrected chi connectivity index (χ2v) is 7.95. The maximum Gasteiger partial charge on any atom is 0.270 e. The summed E-state index contributed by atoms with van der Waals surface area (Å²) in [4.78, 5) is 27.6. The van der Waals surface area contributed by atoms with Crippen LogP contribution in [0.5, 0.6) is 0 Å². The molecule has 0 bridgehead atoms. The van der Waals surface area contributed by atoms with Gasteiger partial charge in [0.25, 0.3) is 5.91 Å². The summed E-state index contributed by atoms with van der Waals surface area (Å²) in [6, 6.07) is 16.3. The lowest BCUT2D eigenvalue weighted by atomic mass is 10.0. The van der Waals surface area contributed by atoms with Gasteiger partial charge in [0.1, 0.15) is 5.69 Å². The summed E-state index contributed by atoms with van der Waals surface area (Å²) in [7, 11) is 1.90. The average molecular weight is 389 g/mol. The fraction of sp³-hybridized carbons (Fsp3) is 0.333. The number of aryl methyl sites for hydroxylation is 2. The Labute approximate surface area is 171 Å². The standard InChI is InChI=1S/C24H27N3O2/c1-16-11-12-20-19(14-16)22(27-13-7-10-21(27)28)23(26(20)3)24(29)25-15-17(2)18-8-5-4-6-9-18/h4-6,8-9,11-12,14,17H,7,10,13,15H2,1-3H3,(H,25,29)/t17-/m1/s1. The molecule has 4 rings (SSSR count). The van der Waals surface area contributed by atoms with Crippen LogP contribution in [0.4, 0.5) is 5.69 Å². The molecular weight excluding hydrogens is 362 g/mol. The van der Waals surface area contributed by atoms with Crippen molar-refractivity contribution in [1.29, 1.82) is 0 Å². The smallest absolute Gasteiger partial charge is 0.270 e. The molecule has 29 heavy (non-hydrogen) atoms. The average Bonchev–Trinajstić information content (AvgIpc) is 3.26. The predicted octanol–water partition coefficient (Wildman–Crippen LogP) is 4.15. The van der Waals surface area contributed by atoms with Gasteiger partial charge in [-0.15, -0.1) is 0 Å². The molecule has 0 aliphatic carbocycles. The largest absolute Gasteiger partial charge is 0.350 e. The number of nitrogens with one attached hydrogen (secondary N) is 1. The minimum absolute atomic E-state index is 0.0886. The fourth-order valence-corrected chi connectivity index (χ4v) is 4.19. The number of fused-ring (bicyclic) bond motifs is 1. The zero-order valence-electron chi connectivity index (χ0n) is 17.2. The first-order valence-corrected chi connectivity index (χ1v) is 10.2. The summed E-state index contributed by atoms with van der Waals surface area (Å²) in [6.45, 7) is 5.33. The van der Waals surface area contributed by atoms with E-state index in [9.17, 15) is 9.59 Å². The second kappa shape index (κ2) is 7.74. The highest BCUT2D eigenvalue weighted by atomic mass is 16.2. The van der Waals surface area contributed by atoms with E-state index in [2.05, 4.69) is 30.4 Å². The Morgan fingerprint density at radius 3 is 2.62 bits per heavy atom. The van der Waals surface area contributed by atoms with E-state index in [1.54, 1.807) is 4.90 Å². The topological polar surface area (TPSA) is 54.3 Å². The summed E-state index contributed by atoms with van der Waals surface area (Å²) in [5, 5.41) is 4.06. The van der Waals surface area contributed by atoms with Gasteiger partial charge in [0, 0.05) is 31.9 Å². The molecule has 3 aromatic rings. The van der Waals surface area contributed by atoms with Gasteiger partial charge in [-0.3, -0.25) is 9.59 Å². The van der Waals surface area contributed by atoms with Crippen LogP contribution in [0.3, 0.4) is 0 Å². The summed E-state index contributed by atoms with van der Waals surface area (Å²) in [5.74, 6) is 0.151. The Hall–Kier alpha value is -3.08. The minimum Gasteiger partial charge on any atom is -0.350 e. The van der Waals surface area contributed by atoms with Crippen LogP contribution in [-0.4, -0.2) is 29.5 Å². The molecule has 1 N–H and O–H groups in total. The normalized spacial score (nSPS) is 15.1. The molecule has 0 saturated carbocycles. The summed E-state index contributed by atoms with van der Waals surface area (Å²) >= 11 is 0. The molecule has 150 valence electrons. The number of rotatable bonds is 5. The molecule has 2 heterocycles. The molecule has 1 saturated heterocycles. The van der Waals surface area contributed by atoms with Crippen LogP contribution in [0.2, 0.25) is 0 Å². The number of hydrogen-bond acceptors (Lipinski definition) is 2. The van der Waals surface area contributed by atoms with Gasteiger partial charge in [-0.05, 0) is 37.0 Å². The second-order valence-electron chi connectivity index (χ2n) is 7.95. The Morgan fingerprint density at radius 1 is 1.17 bits per heavy atom. The fourth-order valence-electron chi connectivity index (χ4n) is 4.19. The zero-order chi connectivity index (χ0) is 20.5. The highest BCUT2D eigenvalue weighted by Crippen LogP contribution is 2.36. The van der Waals surface area contributed by atoms with Gasteiger partial charge in [-0.2, -0.15) is 0 Å². The Balaban J connectivity index is 1.69. The highest BCUT2D eigenvalue weighted by Gasteiger charge is 2.31. The van der Waals surface area contributed by atoms with Crippen LogP contribution < -0.4 is 10.2 Å². The van der Waals surface area contributed by atoms with Crippen molar-refractivity contribution in [2.75, 3.05) is 18.0 Å². The van der Waals surface area contributed by atoms with Gasteiger partial charge in [-0.25, -0.2) is 0 Å². The van der Waals surface area contributed by atoms with E-state index in [4.69, 9.17) is 0 Å². The molecular formula is C24H27N3O2. The maximum atomic E-state index is 13.3. The van der Waals surface area contributed by atoms with E-state index < -0.39 is 0 Å². The molecule has 1 aromatic heterocycles. The monoisotopic (exact) mass is 389 g/mol. The number of anilines is 1. The van der Waals surface area contributed by atoms with Gasteiger partial charge in [0.05, 0.1) is 11.2 Å². The Morgan fingerprint density at radius 2 is 1.93 bits per heavy atom. The molecule has 2 aromatic carbocycles. The van der Waals surface area contributed by atoms with E-state index in [1.165, 1.54) is 5.56 Å². The lowest BCUT2D eigenvalue weighted by Gasteiger charge is -2.19. The molecule has 1 fully saturated rings. The summed E-state index contributed by atoms with van der Waals surface area (Å²) < 4.78 is 1.91. The number of nitrogens with zero attached hydrogens (tertiary/aromatic N) is 2. The lowest BCUT2D eigenvalue weighted by molar-refractivity contribution is -0.117. The lowest BCUT2D eigenvalue weighted by Crippen LogP contribution is -2.32. The van der Waals surface area contributed by atoms with Crippen molar-refractivity contribution in [2.24, 2.45) is 7.05 Å². The minimum atomic E-state index is -0.140. The quantitative estimate of drug-likeness (QED) is 0.713. The number of benzene rings is 2. The number of carbonyl (C=O) groups is 2. The number of carbonyl (C=O) groups excluding carboxylic acids is 2. The number of hydrogen-bond donors (Lipinski definition) is 1. The third-order valence-electron chi connectivity index (χ3n) is 5.82. The van der Waals surface area contributed by atoms with Crippen molar-refractivity contribution in [1.82, 2.24) is 9.88 Å². The molecule has 5 heteroatoms. The molecule has 2 amide bonds. The molecule has 0 radical (unpaired) electrons. The van der Waals surface area contributed by atoms with Crippen molar-refractivity contribution in [3.8, 4) is 0 Å². The Kier molecular flexibility index (Phi) is 5.14. The molecule has 1 aliphatic rings. The van der Waals surface area contributed by atoms with Gasteiger partial charge in [0.2, 0.25) is 5.91 Å². The molecule has 0 spiro atoms. The molecule has 5 nitrogen and oxygen atoms in total. The first kappa shape index (κ1) is 19.2. The summed E-state index contributed by atoms with van der Waals surface area (Å²) in [5.41, 5.74) is 4.57. The van der Waals surface area contributed by atoms with Crippen LogP contribution in [0.1, 0.15) is 47.3 Å². The number of aromatic nitrogens is 1. The van der Waals surface area contributed by atoms with Gasteiger partial charge in [0.15, 0.2) is 0 Å². The Bertz CT molecular complexity index is 1070. The van der Waals surface area contributed by atoms with Crippen LogP contribution in [0.15, 0.2) is 48.5 Å². The SMILES string of the molecule is Cc1ccc2c(c1)c(N1CCCC1=O)c(C(=O)NC[C@@H](C)c1ccccc1)n2C. The van der Waals surface area contributed by atoms with Gasteiger partial charge < -0.3 is 14.8 Å². The van der Waals surface area contributed by atoms with Crippen LogP contribution >= 0.6 is 0 Å². The van der Waals surface area contributed by atoms with E-state index in [0.717, 1.165) is 28.6 Å². The van der Waals surface area contributed by atoms with E-state index >= 15 is 0 Å².